The number of hydrogen-bond acceptors (Lipinski definition) is 13. The number of carbonyl (C=O) groups excluding carboxylic acids is 2. The second-order valence-electron chi connectivity index (χ2n) is 17.9. The molecule has 1 atom stereocenters. The van der Waals surface area contributed by atoms with Gasteiger partial charge in [0.1, 0.15) is 22.7 Å². The first-order valence-electron chi connectivity index (χ1n) is 23.4. The molecule has 0 saturated carbocycles. The maximum Gasteiger partial charge on any atom is 0.312 e. The number of imidazole rings is 1. The SMILES string of the molecule is CCCCc1nc2c([nH]1)c(N)nc1ccc(N3CCN(CCOCCN(CC(C)CCCOCC(C)(C)CC(=O)Oc4c(F)c(F)cc(F)c4F)C(=O)CCOCCOCCOC)CC3)cc12. The van der Waals surface area contributed by atoms with E-state index in [0.717, 1.165) is 91.9 Å². The van der Waals surface area contributed by atoms with Crippen molar-refractivity contribution in [3.8, 4) is 5.75 Å². The van der Waals surface area contributed by atoms with Crippen molar-refractivity contribution in [3.63, 3.8) is 0 Å². The Hall–Kier alpha value is -4.66. The van der Waals surface area contributed by atoms with Gasteiger partial charge in [0.15, 0.2) is 11.6 Å². The summed E-state index contributed by atoms with van der Waals surface area (Å²) in [5, 5.41) is 0.991. The van der Waals surface area contributed by atoms with Crippen molar-refractivity contribution in [1.29, 1.82) is 0 Å². The predicted octanol–water partition coefficient (Wildman–Crippen LogP) is 7.08. The Morgan fingerprint density at radius 1 is 0.881 bits per heavy atom. The van der Waals surface area contributed by atoms with Crippen molar-refractivity contribution in [2.45, 2.75) is 72.6 Å². The summed E-state index contributed by atoms with van der Waals surface area (Å²) in [4.78, 5) is 45.4. The van der Waals surface area contributed by atoms with E-state index in [4.69, 9.17) is 34.4 Å². The molecule has 2 aromatic heterocycles. The molecule has 0 radical (unpaired) electrons. The highest BCUT2D eigenvalue weighted by Gasteiger charge is 2.28. The van der Waals surface area contributed by atoms with Gasteiger partial charge in [-0.2, -0.15) is 8.78 Å². The fourth-order valence-electron chi connectivity index (χ4n) is 7.84. The Kier molecular flexibility index (Phi) is 21.3. The van der Waals surface area contributed by atoms with Crippen LogP contribution in [0.15, 0.2) is 24.3 Å². The van der Waals surface area contributed by atoms with E-state index < -0.39 is 40.4 Å². The van der Waals surface area contributed by atoms with Crippen LogP contribution in [0.1, 0.15) is 72.0 Å². The van der Waals surface area contributed by atoms with Gasteiger partial charge in [-0.05, 0) is 48.8 Å². The number of rotatable bonds is 30. The fourth-order valence-corrected chi connectivity index (χ4v) is 7.84. The number of hydrogen-bond donors (Lipinski definition) is 2. The molecule has 3 heterocycles. The second kappa shape index (κ2) is 26.8. The number of pyridine rings is 1. The molecule has 19 heteroatoms. The highest BCUT2D eigenvalue weighted by atomic mass is 19.2. The lowest BCUT2D eigenvalue weighted by Crippen LogP contribution is -2.47. The lowest BCUT2D eigenvalue weighted by molar-refractivity contribution is -0.138. The van der Waals surface area contributed by atoms with Crippen LogP contribution in [0.2, 0.25) is 0 Å². The lowest BCUT2D eigenvalue weighted by Gasteiger charge is -2.36. The molecule has 0 spiro atoms. The zero-order valence-electron chi connectivity index (χ0n) is 39.7. The molecule has 0 aliphatic carbocycles. The van der Waals surface area contributed by atoms with E-state index in [1.165, 1.54) is 0 Å². The first-order valence-corrected chi connectivity index (χ1v) is 23.4. The molecule has 15 nitrogen and oxygen atoms in total. The van der Waals surface area contributed by atoms with E-state index in [0.29, 0.717) is 71.6 Å². The van der Waals surface area contributed by atoms with Crippen molar-refractivity contribution in [3.05, 3.63) is 53.4 Å². The average molecular weight is 948 g/mol. The number of benzene rings is 2. The summed E-state index contributed by atoms with van der Waals surface area (Å²) in [6.07, 6.45) is 4.32. The monoisotopic (exact) mass is 948 g/mol. The number of aromatic nitrogens is 3. The molecule has 3 N–H and O–H groups in total. The number of ether oxygens (including phenoxy) is 6. The Morgan fingerprint density at radius 2 is 1.58 bits per heavy atom. The van der Waals surface area contributed by atoms with Gasteiger partial charge < -0.3 is 48.9 Å². The van der Waals surface area contributed by atoms with Crippen molar-refractivity contribution in [2.75, 3.05) is 123 Å². The maximum atomic E-state index is 14.0. The number of esters is 1. The molecule has 4 aromatic rings. The molecular weight excluding hydrogens is 879 g/mol. The van der Waals surface area contributed by atoms with Gasteiger partial charge in [0, 0.05) is 83.1 Å². The van der Waals surface area contributed by atoms with Crippen LogP contribution < -0.4 is 15.4 Å². The number of nitrogen functional groups attached to an aromatic ring is 1. The Balaban J connectivity index is 1.03. The van der Waals surface area contributed by atoms with E-state index in [1.54, 1.807) is 21.0 Å². The number of aryl methyl sites for hydroxylation is 1. The summed E-state index contributed by atoms with van der Waals surface area (Å²) in [6, 6.07) is 6.34. The zero-order chi connectivity index (χ0) is 48.3. The maximum absolute atomic E-state index is 14.0. The molecule has 67 heavy (non-hydrogen) atoms. The first kappa shape index (κ1) is 53.3. The number of H-pyrrole nitrogens is 1. The third-order valence-electron chi connectivity index (χ3n) is 11.6. The number of aromatic amines is 1. The standard InChI is InChI=1S/C48H69F4N7O8/c1-6-7-10-39-55-44-35-28-34(11-12-38(35)54-47(53)45(44)56-39)58-16-14-57(15-17-58)18-22-64-23-19-59(40(60)13-21-63-26-27-65-25-24-62-5)31-33(2)9-8-20-66-32-48(3,4)30-41(61)67-46-42(51)36(49)29-37(50)43(46)52/h11-12,28-29,33H,6-10,13-27,30-32H2,1-5H3,(H2,53,54)(H,55,56). The quantitative estimate of drug-likeness (QED) is 0.0179. The van der Waals surface area contributed by atoms with Crippen LogP contribution >= 0.6 is 0 Å². The normalized spacial score (nSPS) is 14.1. The average Bonchev–Trinajstić information content (AvgIpc) is 3.74. The number of unbranched alkanes of at least 4 members (excludes halogenated alkanes) is 1. The predicted molar refractivity (Wildman–Crippen MR) is 248 cm³/mol. The summed E-state index contributed by atoms with van der Waals surface area (Å²) >= 11 is 0. The third kappa shape index (κ3) is 16.5. The van der Waals surface area contributed by atoms with Crippen LogP contribution in [0.3, 0.4) is 0 Å². The number of carbonyl (C=O) groups is 2. The Bertz CT molecular complexity index is 2160. The molecule has 1 amide bonds. The molecular formula is C48H69F4N7O8. The van der Waals surface area contributed by atoms with E-state index >= 15 is 0 Å². The topological polar surface area (TPSA) is 167 Å². The van der Waals surface area contributed by atoms with Crippen LogP contribution in [0.5, 0.6) is 5.75 Å². The van der Waals surface area contributed by atoms with E-state index in [9.17, 15) is 27.2 Å². The molecule has 5 rings (SSSR count). The highest BCUT2D eigenvalue weighted by Crippen LogP contribution is 2.31. The minimum Gasteiger partial charge on any atom is -0.420 e. The number of nitrogens with two attached hydrogens (primary N) is 1. The molecule has 1 unspecified atom stereocenters. The van der Waals surface area contributed by atoms with Gasteiger partial charge in [0.2, 0.25) is 23.3 Å². The molecule has 1 aliphatic rings. The van der Waals surface area contributed by atoms with Crippen LogP contribution in [0.25, 0.3) is 21.9 Å². The number of methoxy groups -OCH3 is 1. The number of nitrogens with one attached hydrogen (secondary N) is 1. The van der Waals surface area contributed by atoms with Crippen LogP contribution in [0.4, 0.5) is 29.1 Å². The number of piperazine rings is 1. The number of nitrogens with zero attached hydrogens (tertiary/aromatic N) is 5. The number of anilines is 2. The summed E-state index contributed by atoms with van der Waals surface area (Å²) < 4.78 is 87.8. The minimum absolute atomic E-state index is 0.0320. The van der Waals surface area contributed by atoms with Gasteiger partial charge in [-0.15, -0.1) is 0 Å². The van der Waals surface area contributed by atoms with Gasteiger partial charge in [-0.25, -0.2) is 18.7 Å². The first-order chi connectivity index (χ1) is 32.2. The molecule has 2 aromatic carbocycles. The molecule has 0 bridgehead atoms. The van der Waals surface area contributed by atoms with Crippen molar-refractivity contribution < 1.29 is 55.6 Å². The van der Waals surface area contributed by atoms with Crippen molar-refractivity contribution in [2.24, 2.45) is 11.3 Å². The van der Waals surface area contributed by atoms with E-state index in [1.807, 2.05) is 11.0 Å². The van der Waals surface area contributed by atoms with Gasteiger partial charge in [0.25, 0.3) is 0 Å². The molecule has 372 valence electrons. The summed E-state index contributed by atoms with van der Waals surface area (Å²) in [7, 11) is 1.61. The molecule has 1 saturated heterocycles. The van der Waals surface area contributed by atoms with Gasteiger partial charge >= 0.3 is 5.97 Å². The van der Waals surface area contributed by atoms with Gasteiger partial charge in [-0.1, -0.05) is 34.1 Å². The fraction of sp³-hybridized carbons (Fsp3) is 0.625. The number of fused-ring (bicyclic) bond motifs is 3. The van der Waals surface area contributed by atoms with Gasteiger partial charge in [-0.3, -0.25) is 14.5 Å². The number of amides is 1. The summed E-state index contributed by atoms with van der Waals surface area (Å²) in [5.74, 6) is -7.89. The van der Waals surface area contributed by atoms with Crippen molar-refractivity contribution >= 4 is 45.3 Å². The smallest absolute Gasteiger partial charge is 0.312 e. The van der Waals surface area contributed by atoms with E-state index in [-0.39, 0.29) is 43.9 Å². The van der Waals surface area contributed by atoms with Crippen LogP contribution in [0, 0.1) is 34.6 Å². The summed E-state index contributed by atoms with van der Waals surface area (Å²) in [6.45, 7) is 16.2. The van der Waals surface area contributed by atoms with Crippen molar-refractivity contribution in [1.82, 2.24) is 24.8 Å². The summed E-state index contributed by atoms with van der Waals surface area (Å²) in [5.41, 5.74) is 9.11. The molecule has 1 aliphatic heterocycles. The second-order valence-corrected chi connectivity index (χ2v) is 17.9. The Morgan fingerprint density at radius 3 is 2.30 bits per heavy atom. The molecule has 1 fully saturated rings. The largest absolute Gasteiger partial charge is 0.420 e. The lowest BCUT2D eigenvalue weighted by atomic mass is 9.90. The zero-order valence-corrected chi connectivity index (χ0v) is 39.7. The highest BCUT2D eigenvalue weighted by molar-refractivity contribution is 6.07. The van der Waals surface area contributed by atoms with Crippen LogP contribution in [-0.2, 0) is 39.7 Å². The van der Waals surface area contributed by atoms with Gasteiger partial charge in [0.05, 0.1) is 71.2 Å². The third-order valence-corrected chi connectivity index (χ3v) is 11.6. The van der Waals surface area contributed by atoms with E-state index in [2.05, 4.69) is 50.5 Å². The Labute approximate surface area is 390 Å². The minimum atomic E-state index is -1.78. The van der Waals surface area contributed by atoms with Crippen LogP contribution in [-0.4, -0.2) is 149 Å². The number of halogens is 4.